The number of hydrogen-bond acceptors (Lipinski definition) is 7. The minimum atomic E-state index is -0.414. The van der Waals surface area contributed by atoms with Gasteiger partial charge in [-0.3, -0.25) is 4.79 Å². The number of hydrogen-bond donors (Lipinski definition) is 0. The summed E-state index contributed by atoms with van der Waals surface area (Å²) >= 11 is 0. The Bertz CT molecular complexity index is 933. The molecule has 4 rings (SSSR count). The summed E-state index contributed by atoms with van der Waals surface area (Å²) < 4.78 is 12.7. The maximum Gasteiger partial charge on any atom is 0.254 e. The van der Waals surface area contributed by atoms with E-state index in [2.05, 4.69) is 20.5 Å². The van der Waals surface area contributed by atoms with Crippen LogP contribution in [-0.2, 0) is 11.8 Å². The summed E-state index contributed by atoms with van der Waals surface area (Å²) in [5, 5.41) is 11.9. The Morgan fingerprint density at radius 3 is 2.96 bits per heavy atom. The Morgan fingerprint density at radius 1 is 1.36 bits per heavy atom. The predicted octanol–water partition coefficient (Wildman–Crippen LogP) is 1.26. The number of aromatic nitrogens is 5. The van der Waals surface area contributed by atoms with Gasteiger partial charge in [-0.1, -0.05) is 10.4 Å². The Morgan fingerprint density at radius 2 is 2.20 bits per heavy atom. The van der Waals surface area contributed by atoms with Crippen molar-refractivity contribution in [2.24, 2.45) is 7.05 Å². The fourth-order valence-corrected chi connectivity index (χ4v) is 3.15. The number of nitrogens with zero attached hydrogens (tertiary/aromatic N) is 6. The molecule has 0 unspecified atom stereocenters. The minimum Gasteiger partial charge on any atom is -0.374 e. The van der Waals surface area contributed by atoms with E-state index in [0.717, 1.165) is 11.0 Å². The summed E-state index contributed by atoms with van der Waals surface area (Å²) in [5.41, 5.74) is 2.11. The zero-order valence-corrected chi connectivity index (χ0v) is 14.2. The molecule has 3 aromatic rings. The Kier molecular flexibility index (Phi) is 3.72. The van der Waals surface area contributed by atoms with Crippen molar-refractivity contribution in [1.29, 1.82) is 0 Å². The maximum atomic E-state index is 13.1. The lowest BCUT2D eigenvalue weighted by Gasteiger charge is -2.37. The van der Waals surface area contributed by atoms with Crippen molar-refractivity contribution in [3.63, 3.8) is 0 Å². The van der Waals surface area contributed by atoms with Crippen molar-refractivity contribution in [3.05, 3.63) is 35.5 Å². The quantitative estimate of drug-likeness (QED) is 0.691. The number of benzene rings is 1. The Balaban J connectivity index is 1.71. The van der Waals surface area contributed by atoms with Crippen LogP contribution in [0.2, 0.25) is 0 Å². The van der Waals surface area contributed by atoms with Crippen LogP contribution in [0.4, 0.5) is 0 Å². The largest absolute Gasteiger partial charge is 0.374 e. The van der Waals surface area contributed by atoms with Gasteiger partial charge in [0, 0.05) is 19.2 Å². The van der Waals surface area contributed by atoms with Gasteiger partial charge in [-0.15, -0.1) is 5.10 Å². The average molecular weight is 342 g/mol. The highest BCUT2D eigenvalue weighted by molar-refractivity contribution is 5.97. The molecule has 0 bridgehead atoms. The van der Waals surface area contributed by atoms with Crippen LogP contribution in [0.1, 0.15) is 35.0 Å². The zero-order chi connectivity index (χ0) is 17.6. The minimum absolute atomic E-state index is 0.112. The summed E-state index contributed by atoms with van der Waals surface area (Å²) in [4.78, 5) is 19.2. The van der Waals surface area contributed by atoms with E-state index in [1.165, 1.54) is 0 Å². The van der Waals surface area contributed by atoms with E-state index in [4.69, 9.17) is 9.26 Å². The molecular formula is C16H18N6O3. The standard InChI is InChI=1S/C16H18N6O3/c1-9-14(15-17-10(2)19-25-15)22(6-7-24-9)16(23)11-4-5-12-13(8-11)21(3)20-18-12/h4-5,8-9,14H,6-7H2,1-3H3/t9-,14+/m1/s1. The van der Waals surface area contributed by atoms with E-state index in [1.54, 1.807) is 41.8 Å². The van der Waals surface area contributed by atoms with Crippen LogP contribution in [0.15, 0.2) is 22.7 Å². The fourth-order valence-electron chi connectivity index (χ4n) is 3.15. The van der Waals surface area contributed by atoms with Gasteiger partial charge in [0.2, 0.25) is 0 Å². The van der Waals surface area contributed by atoms with Gasteiger partial charge in [-0.05, 0) is 32.0 Å². The highest BCUT2D eigenvalue weighted by Crippen LogP contribution is 2.30. The average Bonchev–Trinajstić information content (AvgIpc) is 3.20. The first kappa shape index (κ1) is 15.7. The molecule has 1 aliphatic heterocycles. The molecule has 9 heteroatoms. The number of amides is 1. The van der Waals surface area contributed by atoms with E-state index < -0.39 is 6.04 Å². The summed E-state index contributed by atoms with van der Waals surface area (Å²) in [7, 11) is 1.80. The lowest BCUT2D eigenvalue weighted by molar-refractivity contribution is -0.0600. The van der Waals surface area contributed by atoms with Crippen molar-refractivity contribution in [2.45, 2.75) is 26.0 Å². The number of morpholine rings is 1. The van der Waals surface area contributed by atoms with Crippen molar-refractivity contribution in [1.82, 2.24) is 30.0 Å². The normalized spacial score (nSPS) is 21.0. The second-order valence-corrected chi connectivity index (χ2v) is 6.12. The van der Waals surface area contributed by atoms with E-state index in [0.29, 0.717) is 30.4 Å². The number of fused-ring (bicyclic) bond motifs is 1. The van der Waals surface area contributed by atoms with Gasteiger partial charge >= 0.3 is 0 Å². The highest BCUT2D eigenvalue weighted by atomic mass is 16.5. The van der Waals surface area contributed by atoms with Gasteiger partial charge in [0.25, 0.3) is 11.8 Å². The number of carbonyl (C=O) groups excluding carboxylic acids is 1. The molecule has 1 fully saturated rings. The monoisotopic (exact) mass is 342 g/mol. The molecule has 0 spiro atoms. The molecule has 1 aromatic carbocycles. The third-order valence-corrected chi connectivity index (χ3v) is 4.41. The molecule has 1 amide bonds. The first-order valence-corrected chi connectivity index (χ1v) is 8.07. The van der Waals surface area contributed by atoms with Gasteiger partial charge < -0.3 is 14.2 Å². The van der Waals surface area contributed by atoms with Crippen LogP contribution >= 0.6 is 0 Å². The fraction of sp³-hybridized carbons (Fsp3) is 0.438. The smallest absolute Gasteiger partial charge is 0.254 e. The first-order chi connectivity index (χ1) is 12.0. The van der Waals surface area contributed by atoms with Crippen molar-refractivity contribution in [2.75, 3.05) is 13.2 Å². The lowest BCUT2D eigenvalue weighted by Crippen LogP contribution is -2.47. The SMILES string of the molecule is Cc1noc([C@@H]2[C@@H](C)OCCN2C(=O)c2ccc3nnn(C)c3c2)n1. The van der Waals surface area contributed by atoms with Gasteiger partial charge in [0.05, 0.1) is 18.2 Å². The summed E-state index contributed by atoms with van der Waals surface area (Å²) in [5.74, 6) is 0.808. The topological polar surface area (TPSA) is 99.2 Å². The number of aryl methyl sites for hydroxylation is 2. The summed E-state index contributed by atoms with van der Waals surface area (Å²) in [6, 6.07) is 4.94. The third-order valence-electron chi connectivity index (χ3n) is 4.41. The highest BCUT2D eigenvalue weighted by Gasteiger charge is 2.38. The Labute approximate surface area is 143 Å². The lowest BCUT2D eigenvalue weighted by atomic mass is 10.1. The second-order valence-electron chi connectivity index (χ2n) is 6.12. The molecule has 0 aliphatic carbocycles. The van der Waals surface area contributed by atoms with Gasteiger partial charge in [-0.25, -0.2) is 4.68 Å². The van der Waals surface area contributed by atoms with Crippen LogP contribution in [-0.4, -0.2) is 55.2 Å². The summed E-state index contributed by atoms with van der Waals surface area (Å²) in [6.45, 7) is 4.57. The van der Waals surface area contributed by atoms with Crippen molar-refractivity contribution < 1.29 is 14.1 Å². The van der Waals surface area contributed by atoms with Gasteiger partial charge in [0.1, 0.15) is 11.6 Å². The number of rotatable bonds is 2. The molecular weight excluding hydrogens is 324 g/mol. The van der Waals surface area contributed by atoms with E-state index in [1.807, 2.05) is 6.92 Å². The van der Waals surface area contributed by atoms with Crippen molar-refractivity contribution >= 4 is 16.9 Å². The van der Waals surface area contributed by atoms with Gasteiger partial charge in [0.15, 0.2) is 5.82 Å². The third kappa shape index (κ3) is 2.66. The summed E-state index contributed by atoms with van der Waals surface area (Å²) in [6.07, 6.45) is -0.236. The van der Waals surface area contributed by atoms with Crippen LogP contribution < -0.4 is 0 Å². The molecule has 0 saturated carbocycles. The number of ether oxygens (including phenoxy) is 1. The van der Waals surface area contributed by atoms with E-state index >= 15 is 0 Å². The number of carbonyl (C=O) groups is 1. The molecule has 1 saturated heterocycles. The predicted molar refractivity (Wildman–Crippen MR) is 86.7 cm³/mol. The zero-order valence-electron chi connectivity index (χ0n) is 14.2. The van der Waals surface area contributed by atoms with Crippen LogP contribution in [0, 0.1) is 6.92 Å². The van der Waals surface area contributed by atoms with Crippen LogP contribution in [0.25, 0.3) is 11.0 Å². The van der Waals surface area contributed by atoms with Crippen LogP contribution in [0.3, 0.4) is 0 Å². The van der Waals surface area contributed by atoms with E-state index in [-0.39, 0.29) is 12.0 Å². The van der Waals surface area contributed by atoms with Crippen molar-refractivity contribution in [3.8, 4) is 0 Å². The van der Waals surface area contributed by atoms with Crippen LogP contribution in [0.5, 0.6) is 0 Å². The van der Waals surface area contributed by atoms with E-state index in [9.17, 15) is 4.79 Å². The molecule has 2 aromatic heterocycles. The van der Waals surface area contributed by atoms with Gasteiger partial charge in [-0.2, -0.15) is 4.98 Å². The molecule has 9 nitrogen and oxygen atoms in total. The molecule has 0 radical (unpaired) electrons. The maximum absolute atomic E-state index is 13.1. The molecule has 2 atom stereocenters. The molecule has 1 aliphatic rings. The first-order valence-electron chi connectivity index (χ1n) is 8.07. The molecule has 3 heterocycles. The Hall–Kier alpha value is -2.81. The molecule has 130 valence electrons. The molecule has 25 heavy (non-hydrogen) atoms. The second kappa shape index (κ2) is 5.92. The molecule has 0 N–H and O–H groups in total.